The summed E-state index contributed by atoms with van der Waals surface area (Å²) < 4.78 is 5.52. The Bertz CT molecular complexity index is 344. The largest absolute Gasteiger partial charge is 0.374 e. The molecule has 108 valence electrons. The quantitative estimate of drug-likeness (QED) is 0.610. The molecule has 0 aromatic heterocycles. The van der Waals surface area contributed by atoms with E-state index in [9.17, 15) is 9.59 Å². The van der Waals surface area contributed by atoms with Crippen molar-refractivity contribution in [2.75, 3.05) is 26.2 Å². The highest BCUT2D eigenvalue weighted by atomic mass is 16.5. The molecule has 1 heterocycles. The number of ether oxygens (including phenoxy) is 1. The van der Waals surface area contributed by atoms with Crippen LogP contribution in [0.5, 0.6) is 0 Å². The number of hydrogen-bond donors (Lipinski definition) is 3. The van der Waals surface area contributed by atoms with Crippen molar-refractivity contribution >= 4 is 11.9 Å². The Morgan fingerprint density at radius 1 is 1.47 bits per heavy atom. The molecule has 1 aliphatic heterocycles. The van der Waals surface area contributed by atoms with Crippen molar-refractivity contribution in [1.29, 1.82) is 0 Å². The van der Waals surface area contributed by atoms with Gasteiger partial charge in [-0.1, -0.05) is 0 Å². The maximum atomic E-state index is 11.7. The number of amides is 3. The molecule has 0 spiro atoms. The monoisotopic (exact) mass is 270 g/mol. The lowest BCUT2D eigenvalue weighted by molar-refractivity contribution is -0.123. The van der Waals surface area contributed by atoms with Gasteiger partial charge in [-0.3, -0.25) is 15.0 Å². The molecule has 3 amide bonds. The molecule has 7 heteroatoms. The number of nitrogens with one attached hydrogen (secondary N) is 2. The molecular weight excluding hydrogens is 248 g/mol. The second-order valence-electron chi connectivity index (χ2n) is 5.30. The standard InChI is InChI=1S/C12H22N4O3/c1-8(13)10-6-16(4-5-19-10)7-11(17)15-12(18)14-9-2-3-9/h8-10H,2-7,13H2,1H3,(H2,14,15,17,18). The number of imide groups is 1. The first kappa shape index (κ1) is 14.2. The molecule has 1 saturated heterocycles. The number of morpholine rings is 1. The first-order valence-corrected chi connectivity index (χ1v) is 6.74. The molecule has 2 rings (SSSR count). The summed E-state index contributed by atoms with van der Waals surface area (Å²) in [5, 5.41) is 5.05. The third kappa shape index (κ3) is 4.77. The zero-order valence-electron chi connectivity index (χ0n) is 11.2. The van der Waals surface area contributed by atoms with Gasteiger partial charge in [0.25, 0.3) is 0 Å². The minimum atomic E-state index is -0.399. The molecule has 2 atom stereocenters. The van der Waals surface area contributed by atoms with Crippen molar-refractivity contribution in [1.82, 2.24) is 15.5 Å². The van der Waals surface area contributed by atoms with Crippen LogP contribution in [0.25, 0.3) is 0 Å². The first-order valence-electron chi connectivity index (χ1n) is 6.74. The van der Waals surface area contributed by atoms with Crippen LogP contribution in [0.1, 0.15) is 19.8 Å². The zero-order valence-corrected chi connectivity index (χ0v) is 11.2. The average Bonchev–Trinajstić information content (AvgIpc) is 3.12. The van der Waals surface area contributed by atoms with E-state index in [1.54, 1.807) is 0 Å². The summed E-state index contributed by atoms with van der Waals surface area (Å²) in [6, 6.07) is -0.216. The predicted octanol–water partition coefficient (Wildman–Crippen LogP) is -0.977. The molecule has 1 aliphatic carbocycles. The molecule has 1 saturated carbocycles. The number of urea groups is 1. The van der Waals surface area contributed by atoms with Gasteiger partial charge in [-0.15, -0.1) is 0 Å². The summed E-state index contributed by atoms with van der Waals surface area (Å²) in [5.74, 6) is -0.288. The van der Waals surface area contributed by atoms with Gasteiger partial charge in [-0.2, -0.15) is 0 Å². The molecule has 0 aromatic carbocycles. The van der Waals surface area contributed by atoms with Crippen molar-refractivity contribution in [3.8, 4) is 0 Å². The molecule has 0 aromatic rings. The predicted molar refractivity (Wildman–Crippen MR) is 69.5 cm³/mol. The summed E-state index contributed by atoms with van der Waals surface area (Å²) in [6.07, 6.45) is 1.95. The minimum Gasteiger partial charge on any atom is -0.374 e. The van der Waals surface area contributed by atoms with Gasteiger partial charge in [0.15, 0.2) is 0 Å². The van der Waals surface area contributed by atoms with E-state index < -0.39 is 6.03 Å². The van der Waals surface area contributed by atoms with Crippen LogP contribution in [0, 0.1) is 0 Å². The second-order valence-corrected chi connectivity index (χ2v) is 5.30. The maximum Gasteiger partial charge on any atom is 0.321 e. The molecule has 0 bridgehead atoms. The highest BCUT2D eigenvalue weighted by molar-refractivity contribution is 5.95. The first-order chi connectivity index (χ1) is 9.04. The molecule has 4 N–H and O–H groups in total. The van der Waals surface area contributed by atoms with E-state index in [4.69, 9.17) is 10.5 Å². The van der Waals surface area contributed by atoms with Crippen LogP contribution in [-0.2, 0) is 9.53 Å². The zero-order chi connectivity index (χ0) is 13.8. The van der Waals surface area contributed by atoms with Crippen molar-refractivity contribution in [3.05, 3.63) is 0 Å². The summed E-state index contributed by atoms with van der Waals surface area (Å²) in [6.45, 7) is 3.95. The number of carbonyl (C=O) groups is 2. The fourth-order valence-electron chi connectivity index (χ4n) is 2.01. The van der Waals surface area contributed by atoms with Gasteiger partial charge < -0.3 is 15.8 Å². The van der Waals surface area contributed by atoms with E-state index in [1.807, 2.05) is 11.8 Å². The van der Waals surface area contributed by atoms with Crippen molar-refractivity contribution in [2.45, 2.75) is 38.0 Å². The average molecular weight is 270 g/mol. The van der Waals surface area contributed by atoms with Crippen molar-refractivity contribution in [2.24, 2.45) is 5.73 Å². The fourth-order valence-corrected chi connectivity index (χ4v) is 2.01. The van der Waals surface area contributed by atoms with Gasteiger partial charge >= 0.3 is 6.03 Å². The van der Waals surface area contributed by atoms with E-state index >= 15 is 0 Å². The van der Waals surface area contributed by atoms with Crippen LogP contribution >= 0.6 is 0 Å². The Morgan fingerprint density at radius 3 is 2.84 bits per heavy atom. The summed E-state index contributed by atoms with van der Waals surface area (Å²) >= 11 is 0. The Labute approximate surface area is 112 Å². The van der Waals surface area contributed by atoms with Gasteiger partial charge in [0.05, 0.1) is 19.3 Å². The van der Waals surface area contributed by atoms with E-state index in [0.29, 0.717) is 19.7 Å². The molecule has 2 aliphatic rings. The Balaban J connectivity index is 1.70. The van der Waals surface area contributed by atoms with Crippen LogP contribution in [0.4, 0.5) is 4.79 Å². The normalized spacial score (nSPS) is 25.7. The number of hydrogen-bond acceptors (Lipinski definition) is 5. The van der Waals surface area contributed by atoms with E-state index in [2.05, 4.69) is 10.6 Å². The molecule has 0 radical (unpaired) electrons. The Kier molecular flexibility index (Phi) is 4.73. The van der Waals surface area contributed by atoms with E-state index in [1.165, 1.54) is 0 Å². The van der Waals surface area contributed by atoms with Crippen LogP contribution in [0.2, 0.25) is 0 Å². The lowest BCUT2D eigenvalue weighted by Crippen LogP contribution is -2.53. The third-order valence-electron chi connectivity index (χ3n) is 3.30. The van der Waals surface area contributed by atoms with Crippen LogP contribution < -0.4 is 16.4 Å². The second kappa shape index (κ2) is 6.31. The molecular formula is C12H22N4O3. The summed E-state index contributed by atoms with van der Waals surface area (Å²) in [7, 11) is 0. The topological polar surface area (TPSA) is 96.7 Å². The van der Waals surface area contributed by atoms with Gasteiger partial charge in [0.2, 0.25) is 5.91 Å². The molecule has 7 nitrogen and oxygen atoms in total. The highest BCUT2D eigenvalue weighted by Gasteiger charge is 2.26. The Morgan fingerprint density at radius 2 is 2.21 bits per heavy atom. The van der Waals surface area contributed by atoms with Crippen molar-refractivity contribution in [3.63, 3.8) is 0 Å². The van der Waals surface area contributed by atoms with Crippen LogP contribution in [-0.4, -0.2) is 61.3 Å². The third-order valence-corrected chi connectivity index (χ3v) is 3.30. The van der Waals surface area contributed by atoms with E-state index in [0.717, 1.165) is 12.8 Å². The maximum absolute atomic E-state index is 11.7. The number of carbonyl (C=O) groups excluding carboxylic acids is 2. The lowest BCUT2D eigenvalue weighted by Gasteiger charge is -2.34. The molecule has 19 heavy (non-hydrogen) atoms. The smallest absolute Gasteiger partial charge is 0.321 e. The summed E-state index contributed by atoms with van der Waals surface area (Å²) in [4.78, 5) is 25.1. The summed E-state index contributed by atoms with van der Waals surface area (Å²) in [5.41, 5.74) is 5.79. The fraction of sp³-hybridized carbons (Fsp3) is 0.833. The SMILES string of the molecule is CC(N)C1CN(CC(=O)NC(=O)NC2CC2)CCO1. The molecule has 2 fully saturated rings. The lowest BCUT2D eigenvalue weighted by atomic mass is 10.1. The Hall–Kier alpha value is -1.18. The number of nitrogens with two attached hydrogens (primary N) is 1. The minimum absolute atomic E-state index is 0.0539. The number of rotatable bonds is 4. The molecule has 2 unspecified atom stereocenters. The van der Waals surface area contributed by atoms with Crippen LogP contribution in [0.15, 0.2) is 0 Å². The van der Waals surface area contributed by atoms with Crippen LogP contribution in [0.3, 0.4) is 0 Å². The van der Waals surface area contributed by atoms with Gasteiger partial charge in [0.1, 0.15) is 0 Å². The van der Waals surface area contributed by atoms with E-state index in [-0.39, 0.29) is 30.6 Å². The van der Waals surface area contributed by atoms with Gasteiger partial charge in [-0.25, -0.2) is 4.79 Å². The van der Waals surface area contributed by atoms with Gasteiger partial charge in [0, 0.05) is 25.2 Å². The highest BCUT2D eigenvalue weighted by Crippen LogP contribution is 2.18. The van der Waals surface area contributed by atoms with Gasteiger partial charge in [-0.05, 0) is 19.8 Å². The number of nitrogens with zero attached hydrogens (tertiary/aromatic N) is 1. The van der Waals surface area contributed by atoms with Crippen molar-refractivity contribution < 1.29 is 14.3 Å².